The lowest BCUT2D eigenvalue weighted by Gasteiger charge is -2.46. The van der Waals surface area contributed by atoms with Crippen LogP contribution in [-0.2, 0) is 71.0 Å². The Morgan fingerprint density at radius 3 is 1.06 bits per heavy atom. The molecule has 0 aromatic heterocycles. The van der Waals surface area contributed by atoms with Crippen LogP contribution in [0.25, 0.3) is 0 Å². The number of aliphatic hydroxyl groups excluding tert-OH is 4. The molecule has 24 heteroatoms. The minimum Gasteiger partial charge on any atom is -0.462 e. The molecule has 0 bridgehead atoms. The Morgan fingerprint density at radius 2 is 0.692 bits per heavy atom. The van der Waals surface area contributed by atoms with Crippen molar-refractivity contribution in [2.24, 2.45) is 0 Å². The van der Waals surface area contributed by atoms with Crippen molar-refractivity contribution in [2.45, 2.75) is 558 Å². The lowest BCUT2D eigenvalue weighted by molar-refractivity contribution is -0.282. The number of amides is 2. The van der Waals surface area contributed by atoms with E-state index in [-0.39, 0.29) is 38.3 Å². The molecule has 706 valence electrons. The van der Waals surface area contributed by atoms with Gasteiger partial charge in [0.15, 0.2) is 18.5 Å². The molecule has 2 aliphatic rings. The minimum absolute atomic E-state index is 0.131. The molecule has 13 atom stereocenters. The monoisotopic (exact) mass is 1730 g/mol. The molecular formula is C96H181N2O21P. The molecule has 0 aromatic carbocycles. The van der Waals surface area contributed by atoms with Crippen LogP contribution in [0.3, 0.4) is 0 Å². The second-order valence-corrected chi connectivity index (χ2v) is 36.7. The number of ether oxygens (including phenoxy) is 7. The third kappa shape index (κ3) is 61.1. The molecule has 2 amide bonds. The van der Waals surface area contributed by atoms with Gasteiger partial charge >= 0.3 is 31.7 Å². The number of phosphoric acid groups is 1. The Kier molecular flexibility index (Phi) is 72.2. The Bertz CT molecular complexity index is 2510. The maximum Gasteiger partial charge on any atom is 0.470 e. The maximum absolute atomic E-state index is 14.8. The molecule has 2 rings (SSSR count). The Hall–Kier alpha value is -3.35. The zero-order chi connectivity index (χ0) is 87.7. The number of aliphatic hydroxyl groups is 4. The first-order valence-electron chi connectivity index (χ1n) is 49.9. The van der Waals surface area contributed by atoms with Crippen LogP contribution in [-0.4, -0.2) is 165 Å². The van der Waals surface area contributed by atoms with Gasteiger partial charge in [-0.15, -0.1) is 0 Å². The van der Waals surface area contributed by atoms with Crippen molar-refractivity contribution >= 4 is 43.5 Å². The van der Waals surface area contributed by atoms with Crippen molar-refractivity contribution in [1.29, 1.82) is 0 Å². The Morgan fingerprint density at radius 1 is 0.375 bits per heavy atom. The summed E-state index contributed by atoms with van der Waals surface area (Å²) in [5, 5.41) is 51.9. The van der Waals surface area contributed by atoms with Crippen LogP contribution in [0, 0.1) is 0 Å². The molecule has 23 nitrogen and oxygen atoms in total. The van der Waals surface area contributed by atoms with Crippen molar-refractivity contribution in [2.75, 3.05) is 19.8 Å². The van der Waals surface area contributed by atoms with Crippen molar-refractivity contribution in [3.63, 3.8) is 0 Å². The predicted octanol–water partition coefficient (Wildman–Crippen LogP) is 21.9. The lowest BCUT2D eigenvalue weighted by Crippen LogP contribution is -2.67. The van der Waals surface area contributed by atoms with E-state index in [2.05, 4.69) is 52.2 Å². The molecule has 0 unspecified atom stereocenters. The van der Waals surface area contributed by atoms with Crippen molar-refractivity contribution < 1.29 is 101 Å². The summed E-state index contributed by atoms with van der Waals surface area (Å²) < 4.78 is 61.9. The smallest absolute Gasteiger partial charge is 0.462 e. The fourth-order valence-corrected chi connectivity index (χ4v) is 17.2. The molecule has 2 aliphatic heterocycles. The van der Waals surface area contributed by atoms with Gasteiger partial charge in [0, 0.05) is 12.8 Å². The summed E-state index contributed by atoms with van der Waals surface area (Å²) in [6.07, 6.45) is 46.0. The number of esters is 4. The van der Waals surface area contributed by atoms with E-state index in [4.69, 9.17) is 37.7 Å². The van der Waals surface area contributed by atoms with Crippen molar-refractivity contribution in [3.8, 4) is 0 Å². The standard InChI is InChI=1S/C96H181N2O21P/c1-7-13-19-25-31-37-38-39-40-46-52-58-63-69-87(104)114-80(67-61-55-49-43-34-28-22-16-10-4)73-86(103)97-82-76-112-84(92(108)93(82)117-89(106)72-79(101)66-60-54-48-42-33-27-21-15-9-3)77-113-96-91(98-85(102)71-78(100)65-59-53-47-41-32-26-20-14-8-2)95(94(83(75-99)116-96)119-120(109,110)111)118-90(107)74-81(68-62-56-50-44-35-29-23-17-11-5)115-88(105)70-64-57-51-45-36-30-24-18-12-6/h78-84,91-96,99-101,108H,7-77H2,1-6H3,(H,97,103)(H,98,102)(H2,109,110,111)/t78-,79-,80+,81-,82+,83-,84-,91-,92-,93-,94-,95-,96-/m1/s1. The summed E-state index contributed by atoms with van der Waals surface area (Å²) in [6.45, 7) is 11.1. The van der Waals surface area contributed by atoms with Crippen LogP contribution in [0.4, 0.5) is 0 Å². The molecule has 0 spiro atoms. The summed E-state index contributed by atoms with van der Waals surface area (Å²) in [4.78, 5) is 106. The fourth-order valence-electron chi connectivity index (χ4n) is 16.7. The average Bonchev–Trinajstić information content (AvgIpc) is 0.777. The largest absolute Gasteiger partial charge is 0.470 e. The first-order chi connectivity index (χ1) is 58.2. The number of rotatable bonds is 84. The lowest BCUT2D eigenvalue weighted by atomic mass is 9.95. The summed E-state index contributed by atoms with van der Waals surface area (Å²) in [5.41, 5.74) is 0. The van der Waals surface area contributed by atoms with Gasteiger partial charge in [0.2, 0.25) is 11.8 Å². The van der Waals surface area contributed by atoms with Crippen LogP contribution in [0.5, 0.6) is 0 Å². The number of nitrogens with one attached hydrogen (secondary N) is 2. The molecule has 2 saturated heterocycles. The first-order valence-corrected chi connectivity index (χ1v) is 51.4. The van der Waals surface area contributed by atoms with Crippen LogP contribution >= 0.6 is 7.82 Å². The highest BCUT2D eigenvalue weighted by atomic mass is 31.2. The highest BCUT2D eigenvalue weighted by molar-refractivity contribution is 7.46. The van der Waals surface area contributed by atoms with Gasteiger partial charge in [0.1, 0.15) is 42.7 Å². The van der Waals surface area contributed by atoms with Gasteiger partial charge in [0.05, 0.1) is 63.8 Å². The highest BCUT2D eigenvalue weighted by Crippen LogP contribution is 2.43. The molecule has 2 heterocycles. The van der Waals surface area contributed by atoms with E-state index in [1.807, 2.05) is 0 Å². The maximum atomic E-state index is 14.8. The second-order valence-electron chi connectivity index (χ2n) is 35.5. The van der Waals surface area contributed by atoms with E-state index < -0.39 is 149 Å². The summed E-state index contributed by atoms with van der Waals surface area (Å²) >= 11 is 0. The molecule has 2 fully saturated rings. The van der Waals surface area contributed by atoms with E-state index in [9.17, 15) is 63.5 Å². The Labute approximate surface area is 729 Å². The Balaban J connectivity index is 2.61. The number of phosphoric ester groups is 1. The molecule has 120 heavy (non-hydrogen) atoms. The van der Waals surface area contributed by atoms with E-state index in [0.29, 0.717) is 51.4 Å². The zero-order valence-electron chi connectivity index (χ0n) is 77.0. The number of carbonyl (C=O) groups excluding carboxylic acids is 6. The van der Waals surface area contributed by atoms with E-state index >= 15 is 0 Å². The number of unbranched alkanes of at least 4 members (excludes halogenated alkanes) is 52. The van der Waals surface area contributed by atoms with Gasteiger partial charge in [-0.3, -0.25) is 33.3 Å². The van der Waals surface area contributed by atoms with Crippen LogP contribution in [0.1, 0.15) is 478 Å². The van der Waals surface area contributed by atoms with Gasteiger partial charge in [-0.25, -0.2) is 4.57 Å². The van der Waals surface area contributed by atoms with Crippen LogP contribution < -0.4 is 10.6 Å². The first kappa shape index (κ1) is 113. The number of hydrogen-bond donors (Lipinski definition) is 8. The normalized spacial score (nSPS) is 19.8. The molecule has 0 aliphatic carbocycles. The molecule has 0 saturated carbocycles. The summed E-state index contributed by atoms with van der Waals surface area (Å²) in [7, 11) is -5.55. The molecule has 0 radical (unpaired) electrons. The topological polar surface area (TPSA) is 339 Å². The molecule has 8 N–H and O–H groups in total. The van der Waals surface area contributed by atoms with E-state index in [1.54, 1.807) is 0 Å². The highest BCUT2D eigenvalue weighted by Gasteiger charge is 2.53. The van der Waals surface area contributed by atoms with Crippen molar-refractivity contribution in [3.05, 3.63) is 0 Å². The van der Waals surface area contributed by atoms with Crippen molar-refractivity contribution in [1.82, 2.24) is 10.6 Å². The number of carbonyl (C=O) groups is 6. The zero-order valence-corrected chi connectivity index (χ0v) is 77.9. The number of hydrogen-bond acceptors (Lipinski definition) is 19. The summed E-state index contributed by atoms with van der Waals surface area (Å²) in [6, 6.07) is -2.92. The van der Waals surface area contributed by atoms with Gasteiger partial charge in [-0.2, -0.15) is 0 Å². The summed E-state index contributed by atoms with van der Waals surface area (Å²) in [5.74, 6) is -4.08. The fraction of sp³-hybridized carbons (Fsp3) is 0.938. The molecular weight excluding hydrogens is 1550 g/mol. The third-order valence-corrected chi connectivity index (χ3v) is 24.6. The average molecular weight is 1730 g/mol. The molecule has 0 aromatic rings. The van der Waals surface area contributed by atoms with Crippen LogP contribution in [0.15, 0.2) is 0 Å². The van der Waals surface area contributed by atoms with Gasteiger partial charge in [-0.1, -0.05) is 388 Å². The minimum atomic E-state index is -5.55. The van der Waals surface area contributed by atoms with E-state index in [0.717, 1.165) is 180 Å². The predicted molar refractivity (Wildman–Crippen MR) is 478 cm³/mol. The quantitative estimate of drug-likeness (QED) is 0.0121. The second kappa shape index (κ2) is 76.8. The SMILES string of the molecule is CCCCCCCCCCCCCCCC(=O)O[C@@H](CCCCCCCCCCC)CC(=O)N[C@H]1CO[C@H](CO[C@@H]2O[C@H](CO)[C@@H](OP(=O)(O)O)[C@H](OC(=O)C[C@@H](CCCCCCCCCCC)OC(=O)CCCCCCCCCCC)[C@H]2NC(=O)C[C@H](O)CCCCCCCCCCC)[C@@H](O)[C@@H]1OC(=O)C[C@H](O)CCCCCCCCCCC. The van der Waals surface area contributed by atoms with Gasteiger partial charge in [0.25, 0.3) is 0 Å². The van der Waals surface area contributed by atoms with Crippen LogP contribution in [0.2, 0.25) is 0 Å². The third-order valence-electron chi connectivity index (χ3n) is 24.1. The van der Waals surface area contributed by atoms with Gasteiger partial charge < -0.3 is 74.0 Å². The van der Waals surface area contributed by atoms with Gasteiger partial charge in [-0.05, 0) is 51.4 Å². The van der Waals surface area contributed by atoms with E-state index in [1.165, 1.54) is 161 Å².